The van der Waals surface area contributed by atoms with Gasteiger partial charge in [0.25, 0.3) is 0 Å². The molecule has 178 valence electrons. The summed E-state index contributed by atoms with van der Waals surface area (Å²) in [6, 6.07) is 36.5. The number of nitriles is 1. The van der Waals surface area contributed by atoms with Crippen molar-refractivity contribution < 1.29 is 4.48 Å². The van der Waals surface area contributed by atoms with Gasteiger partial charge in [-0.15, -0.1) is 0 Å². The predicted octanol–water partition coefficient (Wildman–Crippen LogP) is 6.91. The molecule has 0 bridgehead atoms. The van der Waals surface area contributed by atoms with Crippen LogP contribution in [0.2, 0.25) is 0 Å². The molecular weight excluding hydrogens is 424 g/mol. The molecule has 35 heavy (non-hydrogen) atoms. The molecule has 1 saturated heterocycles. The minimum atomic E-state index is -0.566. The van der Waals surface area contributed by atoms with Crippen molar-refractivity contribution >= 4 is 0 Å². The van der Waals surface area contributed by atoms with Crippen LogP contribution in [0.3, 0.4) is 0 Å². The van der Waals surface area contributed by atoms with Gasteiger partial charge in [-0.05, 0) is 48.3 Å². The fraction of sp³-hybridized carbons (Fsp3) is 0.424. The number of quaternary nitrogens is 1. The normalized spacial score (nSPS) is 30.9. The lowest BCUT2D eigenvalue weighted by Crippen LogP contribution is -2.83. The first-order valence-corrected chi connectivity index (χ1v) is 13.5. The van der Waals surface area contributed by atoms with Crippen LogP contribution in [0, 0.1) is 22.7 Å². The summed E-state index contributed by atoms with van der Waals surface area (Å²) in [6.07, 6.45) is 8.79. The zero-order valence-corrected chi connectivity index (χ0v) is 20.9. The van der Waals surface area contributed by atoms with E-state index in [1.165, 1.54) is 55.1 Å². The largest absolute Gasteiger partial charge is 0.320 e. The highest BCUT2D eigenvalue weighted by atomic mass is 15.5. The average Bonchev–Trinajstić information content (AvgIpc) is 3.29. The van der Waals surface area contributed by atoms with Crippen molar-refractivity contribution in [1.82, 2.24) is 0 Å². The van der Waals surface area contributed by atoms with Crippen molar-refractivity contribution in [3.63, 3.8) is 0 Å². The van der Waals surface area contributed by atoms with E-state index in [1.807, 2.05) is 0 Å². The van der Waals surface area contributed by atoms with Gasteiger partial charge in [-0.25, -0.2) is 0 Å². The highest BCUT2D eigenvalue weighted by Gasteiger charge is 2.77. The summed E-state index contributed by atoms with van der Waals surface area (Å²) in [5.74, 6) is 0.608. The van der Waals surface area contributed by atoms with Crippen LogP contribution in [-0.2, 0) is 11.8 Å². The molecule has 3 fully saturated rings. The average molecular weight is 462 g/mol. The van der Waals surface area contributed by atoms with Gasteiger partial charge in [-0.1, -0.05) is 91.0 Å². The van der Waals surface area contributed by atoms with E-state index in [0.717, 1.165) is 29.6 Å². The molecule has 2 aliphatic carbocycles. The number of likely N-dealkylation sites (tertiary alicyclic amines) is 1. The number of hydrogen-bond donors (Lipinski definition) is 0. The van der Waals surface area contributed by atoms with Gasteiger partial charge in [0.2, 0.25) is 0 Å². The Balaban J connectivity index is 1.22. The predicted molar refractivity (Wildman–Crippen MR) is 142 cm³/mol. The summed E-state index contributed by atoms with van der Waals surface area (Å²) in [7, 11) is 2.55. The van der Waals surface area contributed by atoms with E-state index in [2.05, 4.69) is 104 Å². The van der Waals surface area contributed by atoms with Crippen LogP contribution in [-0.4, -0.2) is 30.2 Å². The fourth-order valence-electron chi connectivity index (χ4n) is 8.61. The molecule has 2 heteroatoms. The second-order valence-corrected chi connectivity index (χ2v) is 11.7. The quantitative estimate of drug-likeness (QED) is 0.335. The van der Waals surface area contributed by atoms with Crippen LogP contribution < -0.4 is 0 Å². The van der Waals surface area contributed by atoms with Gasteiger partial charge >= 0.3 is 0 Å². The SMILES string of the molecule is C[N+]1(CCCc2ccccc2)[C@H]2CCC23CC(CC(C#N)(c2ccccc2)c2ccccc2)C[C@@H]31. The molecule has 0 aromatic heterocycles. The molecule has 3 unspecified atom stereocenters. The third-order valence-corrected chi connectivity index (χ3v) is 10.1. The molecule has 0 radical (unpaired) electrons. The number of nitrogens with zero attached hydrogens (tertiary/aromatic N) is 2. The van der Waals surface area contributed by atoms with Gasteiger partial charge in [0.05, 0.1) is 25.1 Å². The first-order chi connectivity index (χ1) is 17.1. The van der Waals surface area contributed by atoms with Gasteiger partial charge in [0, 0.05) is 19.3 Å². The van der Waals surface area contributed by atoms with Gasteiger partial charge < -0.3 is 4.48 Å². The maximum atomic E-state index is 10.7. The zero-order valence-electron chi connectivity index (χ0n) is 20.9. The monoisotopic (exact) mass is 461 g/mol. The third kappa shape index (κ3) is 3.47. The Bertz CT molecular complexity index is 1160. The first-order valence-electron chi connectivity index (χ1n) is 13.5. The van der Waals surface area contributed by atoms with E-state index >= 15 is 0 Å². The van der Waals surface area contributed by atoms with Crippen molar-refractivity contribution in [3.8, 4) is 6.07 Å². The fourth-order valence-corrected chi connectivity index (χ4v) is 8.61. The number of hydrogen-bond acceptors (Lipinski definition) is 1. The smallest absolute Gasteiger partial charge is 0.107 e. The van der Waals surface area contributed by atoms with Crippen molar-refractivity contribution in [3.05, 3.63) is 108 Å². The van der Waals surface area contributed by atoms with Gasteiger partial charge in [-0.2, -0.15) is 5.26 Å². The zero-order chi connectivity index (χ0) is 23.9. The van der Waals surface area contributed by atoms with Crippen molar-refractivity contribution in [2.75, 3.05) is 13.6 Å². The molecule has 3 aromatic carbocycles. The topological polar surface area (TPSA) is 23.8 Å². The lowest BCUT2D eigenvalue weighted by Gasteiger charge is -2.71. The van der Waals surface area contributed by atoms with Crippen LogP contribution in [0.4, 0.5) is 0 Å². The molecule has 1 heterocycles. The second-order valence-electron chi connectivity index (χ2n) is 11.7. The highest BCUT2D eigenvalue weighted by molar-refractivity contribution is 5.46. The minimum absolute atomic E-state index is 0.556. The molecule has 0 N–H and O–H groups in total. The molecule has 2 saturated carbocycles. The van der Waals surface area contributed by atoms with E-state index < -0.39 is 5.41 Å². The minimum Gasteiger partial charge on any atom is -0.320 e. The van der Waals surface area contributed by atoms with Gasteiger partial charge in [0.15, 0.2) is 0 Å². The number of piperidine rings is 1. The number of aryl methyl sites for hydroxylation is 1. The Hall–Kier alpha value is -2.89. The molecule has 3 aliphatic rings. The molecule has 1 aliphatic heterocycles. The summed E-state index contributed by atoms with van der Waals surface area (Å²) >= 11 is 0. The van der Waals surface area contributed by atoms with E-state index in [0.29, 0.717) is 11.3 Å². The Morgan fingerprint density at radius 1 is 0.886 bits per heavy atom. The first kappa shape index (κ1) is 22.6. The molecule has 0 amide bonds. The second kappa shape index (κ2) is 8.65. The van der Waals surface area contributed by atoms with E-state index in [-0.39, 0.29) is 0 Å². The summed E-state index contributed by atoms with van der Waals surface area (Å²) in [5, 5.41) is 10.7. The van der Waals surface area contributed by atoms with Crippen molar-refractivity contribution in [2.45, 2.75) is 62.4 Å². The van der Waals surface area contributed by atoms with Crippen molar-refractivity contribution in [2.24, 2.45) is 11.3 Å². The Morgan fingerprint density at radius 3 is 2.03 bits per heavy atom. The molecule has 1 spiro atoms. The lowest BCUT2D eigenvalue weighted by molar-refractivity contribution is -1.03. The summed E-state index contributed by atoms with van der Waals surface area (Å²) in [6.45, 7) is 1.29. The van der Waals surface area contributed by atoms with E-state index in [9.17, 15) is 5.26 Å². The lowest BCUT2D eigenvalue weighted by atomic mass is 9.51. The van der Waals surface area contributed by atoms with Crippen LogP contribution in [0.5, 0.6) is 0 Å². The number of rotatable bonds is 8. The maximum Gasteiger partial charge on any atom is 0.107 e. The van der Waals surface area contributed by atoms with Crippen LogP contribution >= 0.6 is 0 Å². The van der Waals surface area contributed by atoms with Crippen LogP contribution in [0.1, 0.15) is 55.2 Å². The maximum absolute atomic E-state index is 10.7. The van der Waals surface area contributed by atoms with Crippen LogP contribution in [0.25, 0.3) is 0 Å². The Morgan fingerprint density at radius 2 is 1.49 bits per heavy atom. The number of benzene rings is 3. The van der Waals surface area contributed by atoms with Gasteiger partial charge in [0.1, 0.15) is 17.5 Å². The summed E-state index contributed by atoms with van der Waals surface area (Å²) in [4.78, 5) is 0. The highest BCUT2D eigenvalue weighted by Crippen LogP contribution is 2.70. The standard InChI is InChI=1S/C33H37N2/c1-35(21-11-14-26-12-5-2-6-13-26)30-19-20-32(30)23-27(22-31(32)35)24-33(25-34,28-15-7-3-8-16-28)29-17-9-4-10-18-29/h2-10,12-13,15-18,27,30-31H,11,14,19-24H2,1H3/q+1/t27?,30-,31-,32?,35?/m0/s1. The van der Waals surface area contributed by atoms with Gasteiger partial charge in [-0.3, -0.25) is 0 Å². The molecule has 6 rings (SSSR count). The molecule has 3 aromatic rings. The van der Waals surface area contributed by atoms with Crippen molar-refractivity contribution in [1.29, 1.82) is 5.26 Å². The molecule has 2 nitrogen and oxygen atoms in total. The van der Waals surface area contributed by atoms with E-state index in [4.69, 9.17) is 0 Å². The Kier molecular flexibility index (Phi) is 5.58. The Labute approximate surface area is 210 Å². The third-order valence-electron chi connectivity index (χ3n) is 10.1. The summed E-state index contributed by atoms with van der Waals surface area (Å²) in [5.41, 5.74) is 3.75. The molecular formula is C33H37N2+. The van der Waals surface area contributed by atoms with Crippen LogP contribution in [0.15, 0.2) is 91.0 Å². The summed E-state index contributed by atoms with van der Waals surface area (Å²) < 4.78 is 1.28. The molecule has 5 atom stereocenters. The van der Waals surface area contributed by atoms with E-state index in [1.54, 1.807) is 0 Å².